The first kappa shape index (κ1) is 14.6. The highest BCUT2D eigenvalue weighted by Gasteiger charge is 2.30. The predicted octanol–water partition coefficient (Wildman–Crippen LogP) is 3.12. The molecule has 0 saturated carbocycles. The van der Waals surface area contributed by atoms with Crippen LogP contribution in [0.3, 0.4) is 0 Å². The van der Waals surface area contributed by atoms with Gasteiger partial charge < -0.3 is 9.73 Å². The Kier molecular flexibility index (Phi) is 5.06. The smallest absolute Gasteiger partial charge is 0.0947 e. The van der Waals surface area contributed by atoms with Crippen LogP contribution in [0.25, 0.3) is 0 Å². The summed E-state index contributed by atoms with van der Waals surface area (Å²) in [7, 11) is 0. The van der Waals surface area contributed by atoms with Crippen molar-refractivity contribution in [2.75, 3.05) is 13.1 Å². The lowest BCUT2D eigenvalue weighted by Crippen LogP contribution is -2.58. The summed E-state index contributed by atoms with van der Waals surface area (Å²) in [6, 6.07) is 3.33. The fraction of sp³-hybridized carbons (Fsp3) is 0.750. The number of hydrogen-bond acceptors (Lipinski definition) is 3. The summed E-state index contributed by atoms with van der Waals surface area (Å²) < 4.78 is 5.20. The van der Waals surface area contributed by atoms with Crippen LogP contribution in [-0.2, 0) is 6.54 Å². The number of nitrogens with one attached hydrogen (secondary N) is 1. The summed E-state index contributed by atoms with van der Waals surface area (Å²) in [5, 5.41) is 3.73. The molecule has 0 amide bonds. The van der Waals surface area contributed by atoms with E-state index in [1.54, 1.807) is 6.26 Å². The van der Waals surface area contributed by atoms with Crippen molar-refractivity contribution in [1.29, 1.82) is 0 Å². The van der Waals surface area contributed by atoms with Gasteiger partial charge in [0, 0.05) is 37.3 Å². The molecule has 3 heteroatoms. The maximum absolute atomic E-state index is 5.20. The van der Waals surface area contributed by atoms with Crippen LogP contribution in [0.1, 0.15) is 39.7 Å². The Morgan fingerprint density at radius 1 is 1.37 bits per heavy atom. The first-order valence-electron chi connectivity index (χ1n) is 7.54. The van der Waals surface area contributed by atoms with Crippen molar-refractivity contribution in [1.82, 2.24) is 10.2 Å². The molecule has 1 aromatic heterocycles. The number of hydrogen-bond donors (Lipinski definition) is 1. The summed E-state index contributed by atoms with van der Waals surface area (Å²) >= 11 is 0. The summed E-state index contributed by atoms with van der Waals surface area (Å²) in [5.74, 6) is 1.43. The molecule has 0 bridgehead atoms. The van der Waals surface area contributed by atoms with Gasteiger partial charge in [0.25, 0.3) is 0 Å². The molecule has 0 aliphatic carbocycles. The molecule has 1 aliphatic rings. The predicted molar refractivity (Wildman–Crippen MR) is 79.0 cm³/mol. The van der Waals surface area contributed by atoms with E-state index in [4.69, 9.17) is 4.42 Å². The molecule has 0 radical (unpaired) electrons. The van der Waals surface area contributed by atoms with Crippen LogP contribution in [0.2, 0.25) is 0 Å². The van der Waals surface area contributed by atoms with E-state index in [0.29, 0.717) is 18.0 Å². The molecule has 19 heavy (non-hydrogen) atoms. The molecule has 1 fully saturated rings. The molecule has 1 N–H and O–H groups in total. The number of rotatable bonds is 5. The van der Waals surface area contributed by atoms with E-state index in [9.17, 15) is 0 Å². The lowest BCUT2D eigenvalue weighted by molar-refractivity contribution is 0.0850. The molecule has 3 nitrogen and oxygen atoms in total. The largest absolute Gasteiger partial charge is 0.472 e. The van der Waals surface area contributed by atoms with Crippen LogP contribution in [0.4, 0.5) is 0 Å². The Morgan fingerprint density at radius 2 is 2.16 bits per heavy atom. The van der Waals surface area contributed by atoms with E-state index < -0.39 is 0 Å². The minimum Gasteiger partial charge on any atom is -0.472 e. The molecular weight excluding hydrogens is 236 g/mol. The van der Waals surface area contributed by atoms with Crippen molar-refractivity contribution >= 4 is 0 Å². The van der Waals surface area contributed by atoms with Gasteiger partial charge in [-0.25, -0.2) is 0 Å². The third-order valence-corrected chi connectivity index (χ3v) is 4.03. The normalized spacial score (nSPS) is 25.4. The van der Waals surface area contributed by atoms with Crippen LogP contribution in [0.15, 0.2) is 23.0 Å². The molecule has 0 aromatic carbocycles. The van der Waals surface area contributed by atoms with Crippen molar-refractivity contribution < 1.29 is 4.42 Å². The standard InChI is InChI=1S/C16H28N2O/c1-12(2)7-15-10-18(9-14-5-6-19-11-14)16(8-17-15)13(3)4/h5-6,11-13,15-17H,7-10H2,1-4H3. The van der Waals surface area contributed by atoms with Crippen molar-refractivity contribution in [2.45, 2.75) is 52.7 Å². The van der Waals surface area contributed by atoms with Crippen molar-refractivity contribution in [3.63, 3.8) is 0 Å². The van der Waals surface area contributed by atoms with Gasteiger partial charge in [0.05, 0.1) is 12.5 Å². The molecule has 2 rings (SSSR count). The van der Waals surface area contributed by atoms with E-state index in [1.807, 2.05) is 6.26 Å². The van der Waals surface area contributed by atoms with Crippen molar-refractivity contribution in [3.8, 4) is 0 Å². The van der Waals surface area contributed by atoms with Crippen molar-refractivity contribution in [2.24, 2.45) is 11.8 Å². The quantitative estimate of drug-likeness (QED) is 0.885. The molecule has 2 atom stereocenters. The fourth-order valence-electron chi connectivity index (χ4n) is 3.08. The lowest BCUT2D eigenvalue weighted by atomic mass is 9.94. The summed E-state index contributed by atoms with van der Waals surface area (Å²) in [5.41, 5.74) is 1.29. The Balaban J connectivity index is 2.00. The van der Waals surface area contributed by atoms with Gasteiger partial charge in [-0.2, -0.15) is 0 Å². The Labute approximate surface area is 117 Å². The third-order valence-electron chi connectivity index (χ3n) is 4.03. The molecular formula is C16H28N2O. The summed E-state index contributed by atoms with van der Waals surface area (Å²) in [4.78, 5) is 2.62. The minimum absolute atomic E-state index is 0.623. The second-order valence-corrected chi connectivity index (χ2v) is 6.61. The van der Waals surface area contributed by atoms with E-state index in [2.05, 4.69) is 44.0 Å². The zero-order valence-corrected chi connectivity index (χ0v) is 12.7. The van der Waals surface area contributed by atoms with Gasteiger partial charge >= 0.3 is 0 Å². The second-order valence-electron chi connectivity index (χ2n) is 6.61. The van der Waals surface area contributed by atoms with Gasteiger partial charge in [-0.1, -0.05) is 27.7 Å². The highest BCUT2D eigenvalue weighted by Crippen LogP contribution is 2.20. The average molecular weight is 264 g/mol. The molecule has 2 heterocycles. The average Bonchev–Trinajstić information content (AvgIpc) is 2.80. The van der Waals surface area contributed by atoms with Gasteiger partial charge in [-0.3, -0.25) is 4.90 Å². The fourth-order valence-corrected chi connectivity index (χ4v) is 3.08. The Hall–Kier alpha value is -0.800. The molecule has 108 valence electrons. The van der Waals surface area contributed by atoms with Crippen LogP contribution >= 0.6 is 0 Å². The van der Waals surface area contributed by atoms with Gasteiger partial charge in [0.2, 0.25) is 0 Å². The first-order chi connectivity index (χ1) is 9.06. The maximum Gasteiger partial charge on any atom is 0.0947 e. The molecule has 1 aliphatic heterocycles. The monoisotopic (exact) mass is 264 g/mol. The molecule has 1 saturated heterocycles. The lowest BCUT2D eigenvalue weighted by Gasteiger charge is -2.42. The van der Waals surface area contributed by atoms with Crippen molar-refractivity contribution in [3.05, 3.63) is 24.2 Å². The van der Waals surface area contributed by atoms with Crippen LogP contribution in [-0.4, -0.2) is 30.1 Å². The second kappa shape index (κ2) is 6.58. The van der Waals surface area contributed by atoms with Crippen LogP contribution < -0.4 is 5.32 Å². The van der Waals surface area contributed by atoms with Crippen LogP contribution in [0.5, 0.6) is 0 Å². The van der Waals surface area contributed by atoms with E-state index >= 15 is 0 Å². The van der Waals surface area contributed by atoms with E-state index in [1.165, 1.54) is 12.0 Å². The Morgan fingerprint density at radius 3 is 2.74 bits per heavy atom. The zero-order valence-electron chi connectivity index (χ0n) is 12.7. The number of nitrogens with zero attached hydrogens (tertiary/aromatic N) is 1. The highest BCUT2D eigenvalue weighted by molar-refractivity contribution is 5.06. The SMILES string of the molecule is CC(C)CC1CN(Cc2ccoc2)C(C(C)C)CN1. The first-order valence-corrected chi connectivity index (χ1v) is 7.54. The van der Waals surface area contributed by atoms with Gasteiger partial charge in [0.15, 0.2) is 0 Å². The van der Waals surface area contributed by atoms with Gasteiger partial charge in [0.1, 0.15) is 0 Å². The molecule has 2 unspecified atom stereocenters. The van der Waals surface area contributed by atoms with E-state index in [0.717, 1.165) is 25.6 Å². The third kappa shape index (κ3) is 4.08. The highest BCUT2D eigenvalue weighted by atomic mass is 16.3. The Bertz CT molecular complexity index is 359. The molecule has 0 spiro atoms. The van der Waals surface area contributed by atoms with Crippen LogP contribution in [0, 0.1) is 11.8 Å². The summed E-state index contributed by atoms with van der Waals surface area (Å²) in [6.45, 7) is 12.5. The van der Waals surface area contributed by atoms with Gasteiger partial charge in [-0.05, 0) is 24.3 Å². The van der Waals surface area contributed by atoms with E-state index in [-0.39, 0.29) is 0 Å². The number of piperazine rings is 1. The number of furan rings is 1. The summed E-state index contributed by atoms with van der Waals surface area (Å²) in [6.07, 6.45) is 4.90. The minimum atomic E-state index is 0.623. The van der Waals surface area contributed by atoms with Gasteiger partial charge in [-0.15, -0.1) is 0 Å². The zero-order chi connectivity index (χ0) is 13.8. The molecule has 1 aromatic rings. The maximum atomic E-state index is 5.20. The topological polar surface area (TPSA) is 28.4 Å².